The van der Waals surface area contributed by atoms with Gasteiger partial charge in [0, 0.05) is 18.3 Å². The van der Waals surface area contributed by atoms with Crippen molar-refractivity contribution >= 4 is 23.2 Å². The minimum atomic E-state index is -0.182. The van der Waals surface area contributed by atoms with Gasteiger partial charge < -0.3 is 10.0 Å². The van der Waals surface area contributed by atoms with E-state index in [4.69, 9.17) is 11.6 Å². The Kier molecular flexibility index (Phi) is 4.07. The summed E-state index contributed by atoms with van der Waals surface area (Å²) in [4.78, 5) is 14.0. The van der Waals surface area contributed by atoms with E-state index in [-0.39, 0.29) is 11.7 Å². The van der Waals surface area contributed by atoms with Gasteiger partial charge in [-0.25, -0.2) is 0 Å². The SMILES string of the molecule is CCN(C(=O)c1ccccc1Cl)c1cccc(O)c1. The number of aromatic hydroxyl groups is 1. The molecule has 0 atom stereocenters. The minimum Gasteiger partial charge on any atom is -0.508 e. The molecule has 4 heteroatoms. The third kappa shape index (κ3) is 2.88. The van der Waals surface area contributed by atoms with Crippen molar-refractivity contribution in [2.75, 3.05) is 11.4 Å². The molecule has 0 saturated heterocycles. The van der Waals surface area contributed by atoms with Crippen molar-refractivity contribution in [2.45, 2.75) is 6.92 Å². The summed E-state index contributed by atoms with van der Waals surface area (Å²) in [5.74, 6) is -0.0541. The molecular formula is C15H14ClNO2. The number of carbonyl (C=O) groups is 1. The number of benzene rings is 2. The molecule has 19 heavy (non-hydrogen) atoms. The first kappa shape index (κ1) is 13.4. The van der Waals surface area contributed by atoms with Crippen molar-refractivity contribution in [1.82, 2.24) is 0 Å². The van der Waals surface area contributed by atoms with E-state index in [0.29, 0.717) is 22.8 Å². The van der Waals surface area contributed by atoms with Crippen LogP contribution in [0.15, 0.2) is 48.5 Å². The lowest BCUT2D eigenvalue weighted by Crippen LogP contribution is -2.30. The van der Waals surface area contributed by atoms with Crippen LogP contribution in [-0.2, 0) is 0 Å². The number of nitrogens with zero attached hydrogens (tertiary/aromatic N) is 1. The molecule has 0 aliphatic heterocycles. The number of phenols is 1. The first-order valence-corrected chi connectivity index (χ1v) is 6.36. The Hall–Kier alpha value is -2.00. The maximum Gasteiger partial charge on any atom is 0.259 e. The van der Waals surface area contributed by atoms with E-state index >= 15 is 0 Å². The molecule has 0 heterocycles. The standard InChI is InChI=1S/C15H14ClNO2/c1-2-17(11-6-5-7-12(18)10-11)15(19)13-8-3-4-9-14(13)16/h3-10,18H,2H2,1H3. The van der Waals surface area contributed by atoms with Crippen LogP contribution in [0.3, 0.4) is 0 Å². The highest BCUT2D eigenvalue weighted by atomic mass is 35.5. The van der Waals surface area contributed by atoms with Crippen LogP contribution in [0, 0.1) is 0 Å². The Morgan fingerprint density at radius 2 is 1.95 bits per heavy atom. The topological polar surface area (TPSA) is 40.5 Å². The van der Waals surface area contributed by atoms with Crippen LogP contribution in [0.1, 0.15) is 17.3 Å². The van der Waals surface area contributed by atoms with Crippen LogP contribution in [0.4, 0.5) is 5.69 Å². The lowest BCUT2D eigenvalue weighted by Gasteiger charge is -2.21. The Morgan fingerprint density at radius 1 is 1.21 bits per heavy atom. The van der Waals surface area contributed by atoms with Gasteiger partial charge in [0.25, 0.3) is 5.91 Å². The Labute approximate surface area is 117 Å². The van der Waals surface area contributed by atoms with Gasteiger partial charge in [-0.1, -0.05) is 29.8 Å². The molecular weight excluding hydrogens is 262 g/mol. The normalized spacial score (nSPS) is 10.2. The molecule has 0 radical (unpaired) electrons. The summed E-state index contributed by atoms with van der Waals surface area (Å²) in [6.07, 6.45) is 0. The monoisotopic (exact) mass is 275 g/mol. The smallest absolute Gasteiger partial charge is 0.259 e. The Balaban J connectivity index is 2.38. The number of rotatable bonds is 3. The van der Waals surface area contributed by atoms with E-state index in [9.17, 15) is 9.90 Å². The van der Waals surface area contributed by atoms with Crippen molar-refractivity contribution in [3.8, 4) is 5.75 Å². The maximum absolute atomic E-state index is 12.5. The molecule has 98 valence electrons. The lowest BCUT2D eigenvalue weighted by atomic mass is 10.1. The number of amides is 1. The van der Waals surface area contributed by atoms with Gasteiger partial charge in [0.1, 0.15) is 5.75 Å². The summed E-state index contributed by atoms with van der Waals surface area (Å²) < 4.78 is 0. The predicted molar refractivity (Wildman–Crippen MR) is 76.9 cm³/mol. The zero-order valence-corrected chi connectivity index (χ0v) is 11.3. The number of hydrogen-bond acceptors (Lipinski definition) is 2. The molecule has 2 aromatic carbocycles. The predicted octanol–water partition coefficient (Wildman–Crippen LogP) is 3.71. The maximum atomic E-state index is 12.5. The molecule has 0 unspecified atom stereocenters. The Bertz CT molecular complexity index is 598. The largest absolute Gasteiger partial charge is 0.508 e. The third-order valence-corrected chi connectivity index (χ3v) is 3.14. The van der Waals surface area contributed by atoms with Crippen molar-refractivity contribution < 1.29 is 9.90 Å². The van der Waals surface area contributed by atoms with Crippen LogP contribution in [0.25, 0.3) is 0 Å². The van der Waals surface area contributed by atoms with E-state index in [1.807, 2.05) is 6.92 Å². The molecule has 0 aliphatic carbocycles. The average molecular weight is 276 g/mol. The molecule has 3 nitrogen and oxygen atoms in total. The molecule has 0 fully saturated rings. The highest BCUT2D eigenvalue weighted by Gasteiger charge is 2.18. The summed E-state index contributed by atoms with van der Waals surface area (Å²) in [7, 11) is 0. The van der Waals surface area contributed by atoms with Gasteiger partial charge >= 0.3 is 0 Å². The second-order valence-corrected chi connectivity index (χ2v) is 4.46. The van der Waals surface area contributed by atoms with Gasteiger partial charge in [0.2, 0.25) is 0 Å². The van der Waals surface area contributed by atoms with Crippen LogP contribution < -0.4 is 4.90 Å². The lowest BCUT2D eigenvalue weighted by molar-refractivity contribution is 0.0988. The van der Waals surface area contributed by atoms with E-state index in [1.165, 1.54) is 0 Å². The summed E-state index contributed by atoms with van der Waals surface area (Å²) in [5.41, 5.74) is 1.10. The number of halogens is 1. The fraction of sp³-hybridized carbons (Fsp3) is 0.133. The van der Waals surface area contributed by atoms with Crippen molar-refractivity contribution in [1.29, 1.82) is 0 Å². The van der Waals surface area contributed by atoms with Gasteiger partial charge in [0.05, 0.1) is 10.6 Å². The van der Waals surface area contributed by atoms with Gasteiger partial charge in [-0.05, 0) is 31.2 Å². The highest BCUT2D eigenvalue weighted by molar-refractivity contribution is 6.34. The van der Waals surface area contributed by atoms with Crippen LogP contribution in [0.2, 0.25) is 5.02 Å². The molecule has 1 N–H and O–H groups in total. The van der Waals surface area contributed by atoms with E-state index in [1.54, 1.807) is 53.4 Å². The van der Waals surface area contributed by atoms with Crippen molar-refractivity contribution in [3.05, 3.63) is 59.1 Å². The molecule has 0 saturated carbocycles. The van der Waals surface area contributed by atoms with Gasteiger partial charge in [-0.2, -0.15) is 0 Å². The summed E-state index contributed by atoms with van der Waals surface area (Å²) in [6, 6.07) is 13.5. The molecule has 0 aliphatic rings. The molecule has 2 rings (SSSR count). The third-order valence-electron chi connectivity index (χ3n) is 2.81. The zero-order valence-electron chi connectivity index (χ0n) is 10.5. The van der Waals surface area contributed by atoms with Crippen LogP contribution in [0.5, 0.6) is 5.75 Å². The quantitative estimate of drug-likeness (QED) is 0.928. The Morgan fingerprint density at radius 3 is 2.58 bits per heavy atom. The minimum absolute atomic E-state index is 0.128. The molecule has 1 amide bonds. The fourth-order valence-electron chi connectivity index (χ4n) is 1.88. The number of carbonyl (C=O) groups excluding carboxylic acids is 1. The average Bonchev–Trinajstić information content (AvgIpc) is 2.40. The summed E-state index contributed by atoms with van der Waals surface area (Å²) in [6.45, 7) is 2.37. The van der Waals surface area contributed by atoms with Crippen molar-refractivity contribution in [3.63, 3.8) is 0 Å². The zero-order chi connectivity index (χ0) is 13.8. The summed E-state index contributed by atoms with van der Waals surface area (Å²) >= 11 is 6.04. The highest BCUT2D eigenvalue weighted by Crippen LogP contribution is 2.24. The second-order valence-electron chi connectivity index (χ2n) is 4.05. The number of hydrogen-bond donors (Lipinski definition) is 1. The van der Waals surface area contributed by atoms with E-state index < -0.39 is 0 Å². The molecule has 0 aromatic heterocycles. The first-order chi connectivity index (χ1) is 9.13. The molecule has 2 aromatic rings. The fourth-order valence-corrected chi connectivity index (χ4v) is 2.10. The number of phenolic OH excluding ortho intramolecular Hbond substituents is 1. The van der Waals surface area contributed by atoms with E-state index in [2.05, 4.69) is 0 Å². The van der Waals surface area contributed by atoms with Gasteiger partial charge in [0.15, 0.2) is 0 Å². The van der Waals surface area contributed by atoms with Gasteiger partial charge in [-0.15, -0.1) is 0 Å². The summed E-state index contributed by atoms with van der Waals surface area (Å²) in [5, 5.41) is 9.92. The number of anilines is 1. The van der Waals surface area contributed by atoms with Crippen LogP contribution in [-0.4, -0.2) is 17.6 Å². The van der Waals surface area contributed by atoms with Crippen LogP contribution >= 0.6 is 11.6 Å². The molecule has 0 bridgehead atoms. The van der Waals surface area contributed by atoms with Crippen molar-refractivity contribution in [2.24, 2.45) is 0 Å². The van der Waals surface area contributed by atoms with E-state index in [0.717, 1.165) is 0 Å². The second kappa shape index (κ2) is 5.76. The van der Waals surface area contributed by atoms with Gasteiger partial charge in [-0.3, -0.25) is 4.79 Å². The molecule has 0 spiro atoms. The first-order valence-electron chi connectivity index (χ1n) is 5.99.